The van der Waals surface area contributed by atoms with Gasteiger partial charge in [-0.15, -0.1) is 0 Å². The molecule has 33 heavy (non-hydrogen) atoms. The van der Waals surface area contributed by atoms with Crippen LogP contribution in [-0.2, 0) is 17.8 Å². The summed E-state index contributed by atoms with van der Waals surface area (Å²) in [5, 5.41) is 3.63. The Kier molecular flexibility index (Phi) is 7.47. The van der Waals surface area contributed by atoms with Crippen molar-refractivity contribution in [3.63, 3.8) is 0 Å². The summed E-state index contributed by atoms with van der Waals surface area (Å²) in [6.45, 7) is 3.54. The van der Waals surface area contributed by atoms with Gasteiger partial charge in [0, 0.05) is 18.0 Å². The Morgan fingerprint density at radius 1 is 1.00 bits per heavy atom. The lowest BCUT2D eigenvalue weighted by atomic mass is 10.2. The lowest BCUT2D eigenvalue weighted by Crippen LogP contribution is -2.31. The molecule has 0 saturated heterocycles. The molecule has 170 valence electrons. The van der Waals surface area contributed by atoms with Gasteiger partial charge in [0.05, 0.1) is 17.6 Å². The van der Waals surface area contributed by atoms with Crippen molar-refractivity contribution in [1.29, 1.82) is 0 Å². The molecule has 0 radical (unpaired) electrons. The highest BCUT2D eigenvalue weighted by Gasteiger charge is 2.11. The lowest BCUT2D eigenvalue weighted by molar-refractivity contribution is -0.123. The molecule has 0 aliphatic carbocycles. The first-order valence-corrected chi connectivity index (χ1v) is 11.3. The van der Waals surface area contributed by atoms with Crippen molar-refractivity contribution in [3.8, 4) is 11.5 Å². The minimum absolute atomic E-state index is 0.0191. The molecule has 0 bridgehead atoms. The molecule has 0 atom stereocenters. The second-order valence-corrected chi connectivity index (χ2v) is 8.04. The third-order valence-electron chi connectivity index (χ3n) is 5.23. The molecule has 0 aliphatic heterocycles. The van der Waals surface area contributed by atoms with Crippen LogP contribution in [0.1, 0.15) is 11.4 Å². The highest BCUT2D eigenvalue weighted by atomic mass is 35.5. The van der Waals surface area contributed by atoms with Gasteiger partial charge in [-0.25, -0.2) is 4.98 Å². The smallest absolute Gasteiger partial charge is 0.257 e. The number of halogens is 1. The topological polar surface area (TPSA) is 65.4 Å². The van der Waals surface area contributed by atoms with E-state index < -0.39 is 0 Å². The number of fused-ring (bicyclic) bond motifs is 1. The molecule has 0 fully saturated rings. The average molecular weight is 464 g/mol. The molecule has 4 rings (SSSR count). The van der Waals surface area contributed by atoms with E-state index in [0.717, 1.165) is 33.2 Å². The average Bonchev–Trinajstić information content (AvgIpc) is 3.18. The van der Waals surface area contributed by atoms with Gasteiger partial charge in [0.2, 0.25) is 0 Å². The number of hydrogen-bond donors (Lipinski definition) is 1. The van der Waals surface area contributed by atoms with Crippen LogP contribution in [-0.4, -0.2) is 35.2 Å². The van der Waals surface area contributed by atoms with E-state index in [1.165, 1.54) is 0 Å². The number of aryl methyl sites for hydroxylation is 1. The van der Waals surface area contributed by atoms with Gasteiger partial charge in [-0.2, -0.15) is 0 Å². The summed E-state index contributed by atoms with van der Waals surface area (Å²) in [4.78, 5) is 16.9. The minimum Gasteiger partial charge on any atom is -0.492 e. The summed E-state index contributed by atoms with van der Waals surface area (Å²) >= 11 is 6.10. The quantitative estimate of drug-likeness (QED) is 0.366. The van der Waals surface area contributed by atoms with E-state index in [1.54, 1.807) is 0 Å². The molecule has 1 N–H and O–H groups in total. The Balaban J connectivity index is 1.34. The van der Waals surface area contributed by atoms with Crippen molar-refractivity contribution in [3.05, 3.63) is 89.2 Å². The zero-order valence-electron chi connectivity index (χ0n) is 18.5. The van der Waals surface area contributed by atoms with Crippen molar-refractivity contribution in [2.75, 3.05) is 19.8 Å². The summed E-state index contributed by atoms with van der Waals surface area (Å²) in [7, 11) is 0. The zero-order valence-corrected chi connectivity index (χ0v) is 19.2. The van der Waals surface area contributed by atoms with E-state index >= 15 is 0 Å². The molecule has 1 heterocycles. The van der Waals surface area contributed by atoms with Crippen LogP contribution < -0.4 is 14.8 Å². The maximum atomic E-state index is 12.2. The number of imidazole rings is 1. The van der Waals surface area contributed by atoms with Gasteiger partial charge in [0.25, 0.3) is 5.91 Å². The maximum Gasteiger partial charge on any atom is 0.257 e. The number of amides is 1. The van der Waals surface area contributed by atoms with E-state index in [0.29, 0.717) is 31.9 Å². The molecule has 0 spiro atoms. The van der Waals surface area contributed by atoms with E-state index in [-0.39, 0.29) is 12.5 Å². The number of benzene rings is 3. The summed E-state index contributed by atoms with van der Waals surface area (Å²) in [5.74, 6) is 2.19. The molecule has 7 heteroatoms. The number of nitrogens with one attached hydrogen (secondary N) is 1. The number of rotatable bonds is 10. The predicted octanol–water partition coefficient (Wildman–Crippen LogP) is 4.81. The van der Waals surface area contributed by atoms with Crippen molar-refractivity contribution in [1.82, 2.24) is 14.9 Å². The fourth-order valence-corrected chi connectivity index (χ4v) is 3.68. The van der Waals surface area contributed by atoms with Gasteiger partial charge in [-0.1, -0.05) is 41.9 Å². The Morgan fingerprint density at radius 3 is 2.61 bits per heavy atom. The molecule has 1 amide bonds. The number of carbonyl (C=O) groups is 1. The molecule has 1 aromatic heterocycles. The monoisotopic (exact) mass is 463 g/mol. The number of aromatic nitrogens is 2. The molecular weight excluding hydrogens is 438 g/mol. The van der Waals surface area contributed by atoms with Crippen LogP contribution in [0.15, 0.2) is 72.8 Å². The van der Waals surface area contributed by atoms with Crippen molar-refractivity contribution in [2.24, 2.45) is 0 Å². The predicted molar refractivity (Wildman–Crippen MR) is 130 cm³/mol. The fraction of sp³-hybridized carbons (Fsp3) is 0.231. The van der Waals surface area contributed by atoms with Crippen LogP contribution in [0.2, 0.25) is 5.02 Å². The fourth-order valence-electron chi connectivity index (χ4n) is 3.56. The number of carbonyl (C=O) groups excluding carboxylic acids is 1. The van der Waals surface area contributed by atoms with E-state index in [2.05, 4.69) is 9.88 Å². The molecule has 0 aliphatic rings. The van der Waals surface area contributed by atoms with E-state index in [1.807, 2.05) is 79.7 Å². The third kappa shape index (κ3) is 6.05. The van der Waals surface area contributed by atoms with Gasteiger partial charge in [-0.05, 0) is 55.0 Å². The van der Waals surface area contributed by atoms with Crippen LogP contribution in [0, 0.1) is 6.92 Å². The van der Waals surface area contributed by atoms with Gasteiger partial charge in [0.15, 0.2) is 6.61 Å². The second kappa shape index (κ2) is 10.9. The molecule has 0 saturated carbocycles. The largest absolute Gasteiger partial charge is 0.492 e. The van der Waals surface area contributed by atoms with Gasteiger partial charge in [0.1, 0.15) is 23.9 Å². The SMILES string of the molecule is Cc1cc(OCCn2c(CCNC(=O)COc3ccccc3)nc3ccccc32)ccc1Cl. The molecule has 0 unspecified atom stereocenters. The molecule has 6 nitrogen and oxygen atoms in total. The normalized spacial score (nSPS) is 10.8. The zero-order chi connectivity index (χ0) is 23.0. The third-order valence-corrected chi connectivity index (χ3v) is 5.65. The van der Waals surface area contributed by atoms with Crippen molar-refractivity contribution < 1.29 is 14.3 Å². The summed E-state index contributed by atoms with van der Waals surface area (Å²) in [6.07, 6.45) is 0.603. The van der Waals surface area contributed by atoms with Crippen LogP contribution >= 0.6 is 11.6 Å². The minimum atomic E-state index is -0.164. The summed E-state index contributed by atoms with van der Waals surface area (Å²) in [5.41, 5.74) is 2.95. The number of para-hydroxylation sites is 3. The first kappa shape index (κ1) is 22.7. The maximum absolute atomic E-state index is 12.2. The van der Waals surface area contributed by atoms with Gasteiger partial charge in [-0.3, -0.25) is 4.79 Å². The summed E-state index contributed by atoms with van der Waals surface area (Å²) in [6, 6.07) is 22.9. The first-order chi connectivity index (χ1) is 16.1. The highest BCUT2D eigenvalue weighted by molar-refractivity contribution is 6.31. The standard InChI is InChI=1S/C26H26ClN3O3/c1-19-17-21(11-12-22(19)27)32-16-15-30-24-10-6-5-9-23(24)29-25(30)13-14-28-26(31)18-33-20-7-3-2-4-8-20/h2-12,17H,13-16,18H2,1H3,(H,28,31). The van der Waals surface area contributed by atoms with Gasteiger partial charge < -0.3 is 19.4 Å². The number of ether oxygens (including phenoxy) is 2. The highest BCUT2D eigenvalue weighted by Crippen LogP contribution is 2.21. The van der Waals surface area contributed by atoms with Crippen LogP contribution in [0.5, 0.6) is 11.5 Å². The lowest BCUT2D eigenvalue weighted by Gasteiger charge is -2.12. The Hall–Kier alpha value is -3.51. The molecule has 4 aromatic rings. The Labute approximate surface area is 198 Å². The molecule has 3 aromatic carbocycles. The van der Waals surface area contributed by atoms with Crippen LogP contribution in [0.3, 0.4) is 0 Å². The van der Waals surface area contributed by atoms with Crippen molar-refractivity contribution in [2.45, 2.75) is 19.9 Å². The van der Waals surface area contributed by atoms with Crippen molar-refractivity contribution >= 4 is 28.5 Å². The Bertz CT molecular complexity index is 1220. The van der Waals surface area contributed by atoms with Gasteiger partial charge >= 0.3 is 0 Å². The number of hydrogen-bond acceptors (Lipinski definition) is 4. The van der Waals surface area contributed by atoms with E-state index in [9.17, 15) is 4.79 Å². The number of nitrogens with zero attached hydrogens (tertiary/aromatic N) is 2. The Morgan fingerprint density at radius 2 is 1.79 bits per heavy atom. The van der Waals surface area contributed by atoms with Crippen LogP contribution in [0.25, 0.3) is 11.0 Å². The first-order valence-electron chi connectivity index (χ1n) is 10.9. The molecular formula is C26H26ClN3O3. The summed E-state index contributed by atoms with van der Waals surface area (Å²) < 4.78 is 13.6. The van der Waals surface area contributed by atoms with E-state index in [4.69, 9.17) is 26.1 Å². The van der Waals surface area contributed by atoms with Crippen LogP contribution in [0.4, 0.5) is 0 Å². The second-order valence-electron chi connectivity index (χ2n) is 7.63.